The lowest BCUT2D eigenvalue weighted by Crippen LogP contribution is -2.51. The highest BCUT2D eigenvalue weighted by atomic mass is 32.2. The second-order valence-corrected chi connectivity index (χ2v) is 11.7. The molecule has 0 aromatic heterocycles. The van der Waals surface area contributed by atoms with Gasteiger partial charge in [-0.2, -0.15) is 0 Å². The summed E-state index contributed by atoms with van der Waals surface area (Å²) in [5, 5.41) is 2.83. The number of sulfonamides is 1. The summed E-state index contributed by atoms with van der Waals surface area (Å²) in [4.78, 5) is 28.4. The standard InChI is InChI=1S/C32H41N3O8S/c1-7-19-33-32(37)23(3)34(21-24-9-13-26(40-4)14-10-24)31(36)22-35(25-11-15-27(16-12-25)43-8-2)44(38,39)28-17-18-29(41-5)30(20-28)42-6/h9-18,20,23H,7-8,19,21-22H2,1-6H3,(H,33,37). The number of ether oxygens (including phenoxy) is 4. The summed E-state index contributed by atoms with van der Waals surface area (Å²) in [6.07, 6.45) is 0.722. The lowest BCUT2D eigenvalue weighted by molar-refractivity contribution is -0.139. The minimum absolute atomic E-state index is 0.0665. The fraction of sp³-hybridized carbons (Fsp3) is 0.375. The van der Waals surface area contributed by atoms with Crippen LogP contribution in [0, 0.1) is 0 Å². The highest BCUT2D eigenvalue weighted by Gasteiger charge is 2.33. The summed E-state index contributed by atoms with van der Waals surface area (Å²) < 4.78 is 50.8. The van der Waals surface area contributed by atoms with Crippen LogP contribution in [0.4, 0.5) is 5.69 Å². The Morgan fingerprint density at radius 3 is 2.05 bits per heavy atom. The van der Waals surface area contributed by atoms with Gasteiger partial charge in [0.05, 0.1) is 38.5 Å². The molecule has 0 heterocycles. The maximum Gasteiger partial charge on any atom is 0.264 e. The van der Waals surface area contributed by atoms with Crippen molar-refractivity contribution in [3.05, 3.63) is 72.3 Å². The van der Waals surface area contributed by atoms with E-state index in [4.69, 9.17) is 18.9 Å². The van der Waals surface area contributed by atoms with Crippen molar-refractivity contribution >= 4 is 27.5 Å². The molecule has 1 N–H and O–H groups in total. The van der Waals surface area contributed by atoms with Gasteiger partial charge in [-0.3, -0.25) is 13.9 Å². The van der Waals surface area contributed by atoms with Crippen molar-refractivity contribution in [2.24, 2.45) is 0 Å². The molecule has 3 rings (SSSR count). The van der Waals surface area contributed by atoms with Crippen LogP contribution >= 0.6 is 0 Å². The average molecular weight is 628 g/mol. The number of methoxy groups -OCH3 is 3. The fourth-order valence-corrected chi connectivity index (χ4v) is 5.84. The molecule has 0 saturated carbocycles. The van der Waals surface area contributed by atoms with Gasteiger partial charge in [-0.05, 0) is 74.4 Å². The molecule has 1 atom stereocenters. The lowest BCUT2D eigenvalue weighted by Gasteiger charge is -2.32. The first-order valence-electron chi connectivity index (χ1n) is 14.3. The van der Waals surface area contributed by atoms with Gasteiger partial charge in [-0.25, -0.2) is 8.42 Å². The summed E-state index contributed by atoms with van der Waals surface area (Å²) in [6.45, 7) is 5.76. The Balaban J connectivity index is 2.06. The van der Waals surface area contributed by atoms with Crippen LogP contribution < -0.4 is 28.6 Å². The summed E-state index contributed by atoms with van der Waals surface area (Å²) >= 11 is 0. The van der Waals surface area contributed by atoms with Crippen molar-refractivity contribution in [1.29, 1.82) is 0 Å². The first kappa shape index (κ1) is 34.0. The first-order valence-corrected chi connectivity index (χ1v) is 15.7. The van der Waals surface area contributed by atoms with Crippen molar-refractivity contribution in [2.75, 3.05) is 45.3 Å². The molecule has 12 heteroatoms. The Bertz CT molecular complexity index is 1490. The van der Waals surface area contributed by atoms with Crippen molar-refractivity contribution in [2.45, 2.75) is 44.7 Å². The van der Waals surface area contributed by atoms with Crippen LogP contribution in [-0.2, 0) is 26.2 Å². The van der Waals surface area contributed by atoms with Gasteiger partial charge in [0.25, 0.3) is 10.0 Å². The van der Waals surface area contributed by atoms with Crippen molar-refractivity contribution in [3.63, 3.8) is 0 Å². The maximum atomic E-state index is 14.2. The molecule has 0 aliphatic rings. The van der Waals surface area contributed by atoms with E-state index >= 15 is 0 Å². The van der Waals surface area contributed by atoms with Gasteiger partial charge in [-0.15, -0.1) is 0 Å². The van der Waals surface area contributed by atoms with E-state index in [9.17, 15) is 18.0 Å². The fourth-order valence-electron chi connectivity index (χ4n) is 4.41. The third kappa shape index (κ3) is 8.34. The van der Waals surface area contributed by atoms with Gasteiger partial charge >= 0.3 is 0 Å². The molecule has 3 aromatic rings. The number of rotatable bonds is 16. The molecular weight excluding hydrogens is 586 g/mol. The number of hydrogen-bond acceptors (Lipinski definition) is 8. The van der Waals surface area contributed by atoms with E-state index in [1.807, 2.05) is 13.8 Å². The van der Waals surface area contributed by atoms with E-state index in [1.165, 1.54) is 37.3 Å². The third-order valence-electron chi connectivity index (χ3n) is 6.89. The SMILES string of the molecule is CCCNC(=O)C(C)N(Cc1ccc(OC)cc1)C(=O)CN(c1ccc(OCC)cc1)S(=O)(=O)c1ccc(OC)c(OC)c1. The van der Waals surface area contributed by atoms with E-state index in [0.717, 1.165) is 16.3 Å². The van der Waals surface area contributed by atoms with Crippen LogP contribution in [0.2, 0.25) is 0 Å². The molecule has 3 aromatic carbocycles. The molecule has 2 amide bonds. The molecule has 0 saturated heterocycles. The van der Waals surface area contributed by atoms with Gasteiger partial charge in [0.2, 0.25) is 11.8 Å². The lowest BCUT2D eigenvalue weighted by atomic mass is 10.1. The number of anilines is 1. The zero-order valence-electron chi connectivity index (χ0n) is 26.0. The monoisotopic (exact) mass is 627 g/mol. The summed E-state index contributed by atoms with van der Waals surface area (Å²) in [5.41, 5.74) is 0.980. The molecule has 0 aliphatic heterocycles. The second-order valence-electron chi connectivity index (χ2n) is 9.79. The molecular formula is C32H41N3O8S. The van der Waals surface area contributed by atoms with Crippen LogP contribution in [0.25, 0.3) is 0 Å². The Morgan fingerprint density at radius 2 is 1.48 bits per heavy atom. The summed E-state index contributed by atoms with van der Waals surface area (Å²) in [6, 6.07) is 16.8. The molecule has 44 heavy (non-hydrogen) atoms. The van der Waals surface area contributed by atoms with Crippen molar-refractivity contribution < 1.29 is 37.0 Å². The number of hydrogen-bond donors (Lipinski definition) is 1. The molecule has 0 aliphatic carbocycles. The predicted octanol–water partition coefficient (Wildman–Crippen LogP) is 4.25. The largest absolute Gasteiger partial charge is 0.497 e. The Hall–Kier alpha value is -4.45. The van der Waals surface area contributed by atoms with Gasteiger partial charge in [0, 0.05) is 19.2 Å². The van der Waals surface area contributed by atoms with Crippen LogP contribution in [0.3, 0.4) is 0 Å². The number of carbonyl (C=O) groups is 2. The zero-order valence-corrected chi connectivity index (χ0v) is 26.8. The molecule has 1 unspecified atom stereocenters. The molecule has 11 nitrogen and oxygen atoms in total. The third-order valence-corrected chi connectivity index (χ3v) is 8.66. The Labute approximate surface area is 259 Å². The van der Waals surface area contributed by atoms with E-state index < -0.39 is 28.5 Å². The first-order chi connectivity index (χ1) is 21.1. The minimum atomic E-state index is -4.32. The molecule has 0 radical (unpaired) electrons. The molecule has 0 bridgehead atoms. The van der Waals surface area contributed by atoms with Crippen LogP contribution in [0.5, 0.6) is 23.0 Å². The Morgan fingerprint density at radius 1 is 0.841 bits per heavy atom. The van der Waals surface area contributed by atoms with Crippen LogP contribution in [0.15, 0.2) is 71.6 Å². The van der Waals surface area contributed by atoms with Gasteiger partial charge in [0.15, 0.2) is 11.5 Å². The number of nitrogens with zero attached hydrogens (tertiary/aromatic N) is 2. The second kappa shape index (κ2) is 15.9. The number of carbonyl (C=O) groups excluding carboxylic acids is 2. The normalized spacial score (nSPS) is 11.7. The van der Waals surface area contributed by atoms with E-state index in [1.54, 1.807) is 62.6 Å². The average Bonchev–Trinajstić information content (AvgIpc) is 3.04. The molecule has 238 valence electrons. The minimum Gasteiger partial charge on any atom is -0.497 e. The number of benzene rings is 3. The number of nitrogens with one attached hydrogen (secondary N) is 1. The predicted molar refractivity (Wildman–Crippen MR) is 168 cm³/mol. The van der Waals surface area contributed by atoms with Gasteiger partial charge in [0.1, 0.15) is 24.1 Å². The van der Waals surface area contributed by atoms with Gasteiger partial charge < -0.3 is 29.2 Å². The van der Waals surface area contributed by atoms with Crippen molar-refractivity contribution in [1.82, 2.24) is 10.2 Å². The highest BCUT2D eigenvalue weighted by molar-refractivity contribution is 7.92. The molecule has 0 fully saturated rings. The van der Waals surface area contributed by atoms with Crippen LogP contribution in [0.1, 0.15) is 32.8 Å². The highest BCUT2D eigenvalue weighted by Crippen LogP contribution is 2.33. The zero-order chi connectivity index (χ0) is 32.3. The van der Waals surface area contributed by atoms with Crippen molar-refractivity contribution in [3.8, 4) is 23.0 Å². The quantitative estimate of drug-likeness (QED) is 0.250. The van der Waals surface area contributed by atoms with Crippen LogP contribution in [-0.4, -0.2) is 72.2 Å². The van der Waals surface area contributed by atoms with Gasteiger partial charge in [-0.1, -0.05) is 19.1 Å². The van der Waals surface area contributed by atoms with E-state index in [0.29, 0.717) is 30.4 Å². The molecule has 0 spiro atoms. The van der Waals surface area contributed by atoms with E-state index in [-0.39, 0.29) is 28.8 Å². The smallest absolute Gasteiger partial charge is 0.264 e. The number of amides is 2. The van der Waals surface area contributed by atoms with E-state index in [2.05, 4.69) is 5.32 Å². The Kier molecular flexibility index (Phi) is 12.3. The topological polar surface area (TPSA) is 124 Å². The summed E-state index contributed by atoms with van der Waals surface area (Å²) in [7, 11) is 0.0972. The maximum absolute atomic E-state index is 14.2. The summed E-state index contributed by atoms with van der Waals surface area (Å²) in [5.74, 6) is 0.847.